The summed E-state index contributed by atoms with van der Waals surface area (Å²) in [6, 6.07) is 4.33. The molecule has 1 aliphatic carbocycles. The lowest BCUT2D eigenvalue weighted by atomic mass is 9.99. The Morgan fingerprint density at radius 1 is 1.28 bits per heavy atom. The lowest BCUT2D eigenvalue weighted by Crippen LogP contribution is -2.18. The van der Waals surface area contributed by atoms with E-state index in [0.29, 0.717) is 0 Å². The predicted octanol–water partition coefficient (Wildman–Crippen LogP) is 4.55. The van der Waals surface area contributed by atoms with Crippen molar-refractivity contribution in [3.8, 4) is 0 Å². The number of rotatable bonds is 3. The molecule has 1 aliphatic rings. The first kappa shape index (κ1) is 13.3. The highest BCUT2D eigenvalue weighted by molar-refractivity contribution is 7.80. The maximum atomic E-state index is 5.34. The number of nitrogens with zero attached hydrogens (tertiary/aromatic N) is 1. The molecule has 0 atom stereocenters. The molecule has 0 unspecified atom stereocenters. The number of benzene rings is 1. The second kappa shape index (κ2) is 5.23. The fourth-order valence-electron chi connectivity index (χ4n) is 2.84. The summed E-state index contributed by atoms with van der Waals surface area (Å²) in [6.07, 6.45) is 6.04. The van der Waals surface area contributed by atoms with E-state index < -0.39 is 0 Å². The van der Waals surface area contributed by atoms with E-state index in [4.69, 9.17) is 12.2 Å². The van der Waals surface area contributed by atoms with E-state index in [2.05, 4.69) is 44.0 Å². The fraction of sp³-hybridized carbons (Fsp3) is 0.438. The van der Waals surface area contributed by atoms with Crippen LogP contribution in [0.1, 0.15) is 42.9 Å². The van der Waals surface area contributed by atoms with Gasteiger partial charge in [-0.1, -0.05) is 30.4 Å². The first-order valence-corrected chi connectivity index (χ1v) is 6.97. The molecule has 0 spiro atoms. The molecule has 0 fully saturated rings. The van der Waals surface area contributed by atoms with Crippen LogP contribution in [0.3, 0.4) is 0 Å². The topological polar surface area (TPSA) is 3.24 Å². The molecule has 2 heteroatoms. The van der Waals surface area contributed by atoms with Gasteiger partial charge in [-0.25, -0.2) is 0 Å². The van der Waals surface area contributed by atoms with Gasteiger partial charge >= 0.3 is 0 Å². The van der Waals surface area contributed by atoms with Crippen LogP contribution in [0.15, 0.2) is 23.9 Å². The molecule has 0 radical (unpaired) electrons. The minimum absolute atomic E-state index is 0.975. The molecule has 0 saturated carbocycles. The van der Waals surface area contributed by atoms with Gasteiger partial charge in [-0.05, 0) is 56.7 Å². The third kappa shape index (κ3) is 2.35. The quantitative estimate of drug-likeness (QED) is 0.579. The van der Waals surface area contributed by atoms with Crippen LogP contribution in [0.4, 0.5) is 5.69 Å². The molecule has 0 aliphatic heterocycles. The summed E-state index contributed by atoms with van der Waals surface area (Å²) in [7, 11) is 2.18. The van der Waals surface area contributed by atoms with Gasteiger partial charge in [0.1, 0.15) is 0 Å². The van der Waals surface area contributed by atoms with Gasteiger partial charge in [0.25, 0.3) is 0 Å². The lowest BCUT2D eigenvalue weighted by Gasteiger charge is -2.26. The highest BCUT2D eigenvalue weighted by atomic mass is 32.1. The molecule has 1 aromatic rings. The van der Waals surface area contributed by atoms with Crippen molar-refractivity contribution in [2.24, 2.45) is 0 Å². The summed E-state index contributed by atoms with van der Waals surface area (Å²) < 4.78 is 0. The second-order valence-electron chi connectivity index (χ2n) is 5.11. The zero-order chi connectivity index (χ0) is 13.3. The van der Waals surface area contributed by atoms with Gasteiger partial charge in [0.05, 0.1) is 0 Å². The SMILES string of the molecule is CC(=S)c1ccc(C)c(N(C)C2=CCCC2)c1C. The molecular weight excluding hydrogens is 238 g/mol. The smallest absolute Gasteiger partial charge is 0.0471 e. The van der Waals surface area contributed by atoms with Crippen molar-refractivity contribution < 1.29 is 0 Å². The average molecular weight is 259 g/mol. The van der Waals surface area contributed by atoms with E-state index >= 15 is 0 Å². The summed E-state index contributed by atoms with van der Waals surface area (Å²) >= 11 is 5.34. The van der Waals surface area contributed by atoms with Crippen molar-refractivity contribution in [1.82, 2.24) is 0 Å². The summed E-state index contributed by atoms with van der Waals surface area (Å²) in [6.45, 7) is 6.36. The average Bonchev–Trinajstić information content (AvgIpc) is 2.81. The summed E-state index contributed by atoms with van der Waals surface area (Å²) in [5.74, 6) is 0. The van der Waals surface area contributed by atoms with Gasteiger partial charge in [-0.2, -0.15) is 0 Å². The van der Waals surface area contributed by atoms with E-state index in [-0.39, 0.29) is 0 Å². The van der Waals surface area contributed by atoms with Crippen LogP contribution in [0.2, 0.25) is 0 Å². The minimum Gasteiger partial charge on any atom is -0.348 e. The van der Waals surface area contributed by atoms with Crippen molar-refractivity contribution >= 4 is 22.8 Å². The first-order chi connectivity index (χ1) is 8.52. The third-order valence-corrected chi connectivity index (χ3v) is 4.02. The highest BCUT2D eigenvalue weighted by Gasteiger charge is 2.17. The van der Waals surface area contributed by atoms with Crippen LogP contribution >= 0.6 is 12.2 Å². The van der Waals surface area contributed by atoms with Crippen molar-refractivity contribution in [3.63, 3.8) is 0 Å². The highest BCUT2D eigenvalue weighted by Crippen LogP contribution is 2.32. The van der Waals surface area contributed by atoms with Gasteiger partial charge < -0.3 is 4.90 Å². The monoisotopic (exact) mass is 259 g/mol. The Kier molecular flexibility index (Phi) is 3.86. The standard InChI is InChI=1S/C16H21NS/c1-11-9-10-15(13(3)18)12(2)16(11)17(4)14-7-5-6-8-14/h7,9-10H,5-6,8H2,1-4H3. The van der Waals surface area contributed by atoms with Crippen molar-refractivity contribution in [1.29, 1.82) is 0 Å². The number of aryl methyl sites for hydroxylation is 1. The zero-order valence-corrected chi connectivity index (χ0v) is 12.5. The summed E-state index contributed by atoms with van der Waals surface area (Å²) in [4.78, 5) is 3.32. The summed E-state index contributed by atoms with van der Waals surface area (Å²) in [5.41, 5.74) is 6.60. The van der Waals surface area contributed by atoms with E-state index in [0.717, 1.165) is 4.86 Å². The Hall–Kier alpha value is -1.15. The van der Waals surface area contributed by atoms with Crippen LogP contribution in [-0.2, 0) is 0 Å². The van der Waals surface area contributed by atoms with Gasteiger partial charge in [0, 0.05) is 23.3 Å². The van der Waals surface area contributed by atoms with Crippen LogP contribution in [0.5, 0.6) is 0 Å². The Morgan fingerprint density at radius 2 is 2.00 bits per heavy atom. The zero-order valence-electron chi connectivity index (χ0n) is 11.7. The Balaban J connectivity index is 2.49. The molecule has 0 bridgehead atoms. The van der Waals surface area contributed by atoms with Gasteiger partial charge in [0.15, 0.2) is 0 Å². The predicted molar refractivity (Wildman–Crippen MR) is 83.6 cm³/mol. The lowest BCUT2D eigenvalue weighted by molar-refractivity contribution is 0.877. The molecule has 1 aromatic carbocycles. The Labute approximate surface area is 116 Å². The molecule has 0 amide bonds. The van der Waals surface area contributed by atoms with E-state index in [1.54, 1.807) is 0 Å². The van der Waals surface area contributed by atoms with Gasteiger partial charge in [-0.3, -0.25) is 0 Å². The largest absolute Gasteiger partial charge is 0.348 e. The second-order valence-corrected chi connectivity index (χ2v) is 5.72. The Morgan fingerprint density at radius 3 is 2.56 bits per heavy atom. The van der Waals surface area contributed by atoms with Crippen molar-refractivity contribution in [2.45, 2.75) is 40.0 Å². The van der Waals surface area contributed by atoms with Gasteiger partial charge in [0.2, 0.25) is 0 Å². The van der Waals surface area contributed by atoms with Gasteiger partial charge in [-0.15, -0.1) is 0 Å². The molecule has 0 saturated heterocycles. The molecule has 96 valence electrons. The van der Waals surface area contributed by atoms with Crippen LogP contribution in [-0.4, -0.2) is 11.9 Å². The fourth-order valence-corrected chi connectivity index (χ4v) is 3.06. The number of allylic oxidation sites excluding steroid dienone is 2. The normalized spacial score (nSPS) is 14.6. The number of hydrogen-bond donors (Lipinski definition) is 0. The number of anilines is 1. The Bertz CT molecular complexity index is 514. The van der Waals surface area contributed by atoms with E-state index in [1.807, 2.05) is 6.92 Å². The number of thiocarbonyl (C=S) groups is 1. The minimum atomic E-state index is 0.975. The molecule has 2 rings (SSSR count). The van der Waals surface area contributed by atoms with Crippen molar-refractivity contribution in [2.75, 3.05) is 11.9 Å². The third-order valence-electron chi connectivity index (χ3n) is 3.80. The summed E-state index contributed by atoms with van der Waals surface area (Å²) in [5, 5.41) is 0. The maximum absolute atomic E-state index is 5.34. The number of hydrogen-bond acceptors (Lipinski definition) is 2. The molecule has 0 aromatic heterocycles. The molecule has 0 N–H and O–H groups in total. The van der Waals surface area contributed by atoms with Crippen LogP contribution < -0.4 is 4.90 Å². The first-order valence-electron chi connectivity index (χ1n) is 6.56. The van der Waals surface area contributed by atoms with E-state index in [9.17, 15) is 0 Å². The van der Waals surface area contributed by atoms with Crippen LogP contribution in [0.25, 0.3) is 0 Å². The molecule has 0 heterocycles. The maximum Gasteiger partial charge on any atom is 0.0471 e. The molecular formula is C16H21NS. The van der Waals surface area contributed by atoms with Crippen LogP contribution in [0, 0.1) is 13.8 Å². The van der Waals surface area contributed by atoms with E-state index in [1.165, 1.54) is 47.3 Å². The van der Waals surface area contributed by atoms with Crippen molar-refractivity contribution in [3.05, 3.63) is 40.6 Å². The molecule has 18 heavy (non-hydrogen) atoms. The molecule has 1 nitrogen and oxygen atoms in total.